The molecule has 0 aliphatic heterocycles. The van der Waals surface area contributed by atoms with Gasteiger partial charge in [0.25, 0.3) is 0 Å². The Balaban J connectivity index is 0.00000112. The zero-order valence-electron chi connectivity index (χ0n) is 9.90. The molecular weight excluding hydrogens is 318 g/mol. The Morgan fingerprint density at radius 2 is 1.75 bits per heavy atom. The van der Waals surface area contributed by atoms with E-state index >= 15 is 0 Å². The van der Waals surface area contributed by atoms with E-state index in [9.17, 15) is 0 Å². The van der Waals surface area contributed by atoms with Crippen molar-refractivity contribution in [2.75, 3.05) is 0 Å². The van der Waals surface area contributed by atoms with Crippen molar-refractivity contribution in [1.82, 2.24) is 0 Å². The van der Waals surface area contributed by atoms with Crippen LogP contribution in [-0.4, -0.2) is 0 Å². The first-order valence-electron chi connectivity index (χ1n) is 5.17. The van der Waals surface area contributed by atoms with Gasteiger partial charge < -0.3 is 24.8 Å². The average molecular weight is 334 g/mol. The quantitative estimate of drug-likeness (QED) is 0.545. The minimum absolute atomic E-state index is 0. The van der Waals surface area contributed by atoms with Crippen molar-refractivity contribution in [2.24, 2.45) is 0 Å². The summed E-state index contributed by atoms with van der Waals surface area (Å²) in [6.45, 7) is 6.87. The Kier molecular flexibility index (Phi) is 7.18. The Labute approximate surface area is 122 Å². The molecule has 0 saturated heterocycles. The molecule has 0 saturated carbocycles. The maximum atomic E-state index is 2.34. The third-order valence-electron chi connectivity index (χ3n) is 3.18. The Bertz CT molecular complexity index is 387. The van der Waals surface area contributed by atoms with Crippen LogP contribution in [0.25, 0.3) is 0 Å². The predicted molar refractivity (Wildman–Crippen MR) is 57.5 cm³/mol. The van der Waals surface area contributed by atoms with Crippen molar-refractivity contribution in [3.05, 3.63) is 41.5 Å². The van der Waals surface area contributed by atoms with E-state index in [1.54, 1.807) is 23.3 Å². The van der Waals surface area contributed by atoms with Crippen LogP contribution in [0, 0.1) is 0 Å². The second kappa shape index (κ2) is 6.99. The topological polar surface area (TPSA) is 0 Å². The van der Waals surface area contributed by atoms with E-state index in [1.165, 1.54) is 12.8 Å². The predicted octanol–water partition coefficient (Wildman–Crippen LogP) is -2.07. The van der Waals surface area contributed by atoms with Crippen LogP contribution in [0.4, 0.5) is 0 Å². The molecule has 0 atom stereocenters. The summed E-state index contributed by atoms with van der Waals surface area (Å²) in [7, 11) is 0. The maximum absolute atomic E-state index is 2.34. The van der Waals surface area contributed by atoms with Gasteiger partial charge in [-0.15, -0.1) is 0 Å². The van der Waals surface area contributed by atoms with Gasteiger partial charge in [0.05, 0.1) is 0 Å². The number of allylic oxidation sites excluding steroid dienone is 8. The number of halogens is 2. The molecule has 3 heteroatoms. The Hall–Kier alpha value is 0.423. The second-order valence-corrected chi connectivity index (χ2v) is 7.81. The number of hydrogen-bond acceptors (Lipinski definition) is 0. The van der Waals surface area contributed by atoms with E-state index in [0.717, 1.165) is 0 Å². The number of rotatable bonds is 2. The number of hydrogen-bond donors (Lipinski definition) is 0. The monoisotopic (exact) mass is 332 g/mol. The molecule has 0 aromatic rings. The van der Waals surface area contributed by atoms with Crippen LogP contribution in [0.15, 0.2) is 41.5 Å². The third kappa shape index (κ3) is 3.46. The average Bonchev–Trinajstić information content (AvgIpc) is 2.73. The van der Waals surface area contributed by atoms with E-state index in [-0.39, 0.29) is 24.8 Å². The van der Waals surface area contributed by atoms with Crippen molar-refractivity contribution < 1.29 is 48.0 Å². The molecule has 2 rings (SSSR count). The van der Waals surface area contributed by atoms with E-state index in [4.69, 9.17) is 0 Å². The smallest absolute Gasteiger partial charge is 1.00 e. The molecule has 0 amide bonds. The van der Waals surface area contributed by atoms with Crippen LogP contribution in [0.2, 0.25) is 0 Å². The Morgan fingerprint density at radius 1 is 1.06 bits per heavy atom. The van der Waals surface area contributed by atoms with Gasteiger partial charge in [0.1, 0.15) is 0 Å². The molecule has 0 bridgehead atoms. The van der Waals surface area contributed by atoms with Gasteiger partial charge in [0.2, 0.25) is 0 Å². The fraction of sp³-hybridized carbons (Fsp3) is 0.385. The molecule has 0 N–H and O–H groups in total. The van der Waals surface area contributed by atoms with E-state index in [0.29, 0.717) is 0 Å². The van der Waals surface area contributed by atoms with Gasteiger partial charge in [0.15, 0.2) is 0 Å². The molecular formula is C13H16Cl2Zr. The Morgan fingerprint density at radius 3 is 2.19 bits per heavy atom. The molecule has 0 heterocycles. The van der Waals surface area contributed by atoms with Gasteiger partial charge in [-0.05, 0) is 0 Å². The molecule has 86 valence electrons. The van der Waals surface area contributed by atoms with Gasteiger partial charge >= 0.3 is 98.4 Å². The van der Waals surface area contributed by atoms with Crippen LogP contribution >= 0.6 is 0 Å². The minimum atomic E-state index is -0.401. The molecule has 16 heavy (non-hydrogen) atoms. The second-order valence-electron chi connectivity index (χ2n) is 4.13. The van der Waals surface area contributed by atoms with Crippen molar-refractivity contribution in [3.8, 4) is 0 Å². The van der Waals surface area contributed by atoms with Gasteiger partial charge in [-0.1, -0.05) is 0 Å². The minimum Gasteiger partial charge on any atom is -1.00 e. The van der Waals surface area contributed by atoms with Crippen LogP contribution in [-0.2, 0) is 23.2 Å². The molecule has 0 aromatic carbocycles. The largest absolute Gasteiger partial charge is 1.00 e. The van der Waals surface area contributed by atoms with Crippen molar-refractivity contribution >= 4 is 0 Å². The molecule has 0 nitrogen and oxygen atoms in total. The van der Waals surface area contributed by atoms with Crippen molar-refractivity contribution in [2.45, 2.75) is 33.6 Å². The fourth-order valence-corrected chi connectivity index (χ4v) is 5.67. The first-order valence-corrected chi connectivity index (χ1v) is 7.63. The SMILES string of the molecule is CC1=C(C)C(C)=[C]([Zr+2][C]2=CC=CC2)C1.[Cl-].[Cl-]. The maximum Gasteiger partial charge on any atom is -1.00 e. The molecule has 2 aliphatic rings. The summed E-state index contributed by atoms with van der Waals surface area (Å²) in [5.74, 6) is 0. The first kappa shape index (κ1) is 16.4. The summed E-state index contributed by atoms with van der Waals surface area (Å²) in [6.07, 6.45) is 9.36. The van der Waals surface area contributed by atoms with Crippen molar-refractivity contribution in [3.63, 3.8) is 0 Å². The summed E-state index contributed by atoms with van der Waals surface area (Å²) in [4.78, 5) is 0. The zero-order chi connectivity index (χ0) is 10.1. The van der Waals surface area contributed by atoms with Crippen LogP contribution < -0.4 is 24.8 Å². The summed E-state index contributed by atoms with van der Waals surface area (Å²) in [5.41, 5.74) is 4.78. The van der Waals surface area contributed by atoms with Crippen LogP contribution in [0.5, 0.6) is 0 Å². The summed E-state index contributed by atoms with van der Waals surface area (Å²) in [6, 6.07) is 0. The molecule has 0 radical (unpaired) electrons. The summed E-state index contributed by atoms with van der Waals surface area (Å²) in [5, 5.41) is 0. The standard InChI is InChI=1S/C8H11.C5H5.2ClH.Zr/c1-6-4-5-7(2)8(6)3;1-2-4-5-3-1;;;/h4H2,1-3H3;1-3H,4H2;2*1H;/q;;;;+2/p-2. The van der Waals surface area contributed by atoms with Crippen LogP contribution in [0.1, 0.15) is 33.6 Å². The fourth-order valence-electron chi connectivity index (χ4n) is 1.95. The molecule has 0 aromatic heterocycles. The van der Waals surface area contributed by atoms with Gasteiger partial charge in [-0.2, -0.15) is 0 Å². The first-order chi connectivity index (χ1) is 6.68. The summed E-state index contributed by atoms with van der Waals surface area (Å²) >= 11 is -0.401. The molecule has 0 fully saturated rings. The van der Waals surface area contributed by atoms with E-state index < -0.39 is 23.2 Å². The normalized spacial score (nSPS) is 18.1. The van der Waals surface area contributed by atoms with Gasteiger partial charge in [-0.3, -0.25) is 0 Å². The van der Waals surface area contributed by atoms with E-state index in [2.05, 4.69) is 39.0 Å². The molecule has 0 unspecified atom stereocenters. The van der Waals surface area contributed by atoms with E-state index in [1.807, 2.05) is 0 Å². The van der Waals surface area contributed by atoms with Crippen molar-refractivity contribution in [1.29, 1.82) is 0 Å². The molecule has 2 aliphatic carbocycles. The third-order valence-corrected chi connectivity index (χ3v) is 6.98. The summed E-state index contributed by atoms with van der Waals surface area (Å²) < 4.78 is 3.55. The zero-order valence-corrected chi connectivity index (χ0v) is 13.9. The van der Waals surface area contributed by atoms with Gasteiger partial charge in [-0.25, -0.2) is 0 Å². The van der Waals surface area contributed by atoms with Crippen LogP contribution in [0.3, 0.4) is 0 Å². The molecule has 0 spiro atoms. The van der Waals surface area contributed by atoms with Gasteiger partial charge in [0, 0.05) is 0 Å².